The highest BCUT2D eigenvalue weighted by atomic mass is 16.6. The predicted octanol–water partition coefficient (Wildman–Crippen LogP) is 2.52. The first kappa shape index (κ1) is 15.4. The number of benzene rings is 1. The number of hydrogen-bond acceptors (Lipinski definition) is 5. The second-order valence-electron chi connectivity index (χ2n) is 4.61. The minimum Gasteiger partial charge on any atom is -0.480 e. The van der Waals surface area contributed by atoms with E-state index in [0.29, 0.717) is 18.5 Å². The molecule has 0 aliphatic carbocycles. The smallest absolute Gasteiger partial charge is 0.329 e. The van der Waals surface area contributed by atoms with Crippen LogP contribution in [0.4, 0.5) is 11.4 Å². The van der Waals surface area contributed by atoms with Crippen molar-refractivity contribution in [2.24, 2.45) is 0 Å². The van der Waals surface area contributed by atoms with Gasteiger partial charge in [-0.25, -0.2) is 4.79 Å². The summed E-state index contributed by atoms with van der Waals surface area (Å²) in [5.74, 6) is -1.02. The molecule has 0 heterocycles. The lowest BCUT2D eigenvalue weighted by Gasteiger charge is -2.27. The van der Waals surface area contributed by atoms with Gasteiger partial charge in [-0.05, 0) is 25.5 Å². The second-order valence-corrected chi connectivity index (χ2v) is 4.61. The molecule has 7 heteroatoms. The molecule has 0 spiro atoms. The monoisotopic (exact) mass is 277 g/mol. The number of rotatable bonds is 6. The zero-order chi connectivity index (χ0) is 15.3. The van der Waals surface area contributed by atoms with Gasteiger partial charge in [-0.2, -0.15) is 5.26 Å². The van der Waals surface area contributed by atoms with Crippen molar-refractivity contribution < 1.29 is 14.8 Å². The van der Waals surface area contributed by atoms with Crippen LogP contribution < -0.4 is 5.32 Å². The molecule has 1 unspecified atom stereocenters. The summed E-state index contributed by atoms with van der Waals surface area (Å²) in [6.07, 6.45) is 1.05. The van der Waals surface area contributed by atoms with Gasteiger partial charge < -0.3 is 10.4 Å². The quantitative estimate of drug-likeness (QED) is 0.609. The van der Waals surface area contributed by atoms with Crippen molar-refractivity contribution in [3.63, 3.8) is 0 Å². The molecule has 1 aromatic rings. The Kier molecular flexibility index (Phi) is 4.64. The molecule has 0 saturated heterocycles. The SMILES string of the molecule is CCCC(C)(Nc1ccc([N+](=O)[O-])c(C#N)c1)C(=O)O. The number of nitro benzene ring substituents is 1. The first-order valence-electron chi connectivity index (χ1n) is 6.04. The van der Waals surface area contributed by atoms with Crippen LogP contribution in [0.5, 0.6) is 0 Å². The molecule has 1 atom stereocenters. The normalized spacial score (nSPS) is 13.1. The van der Waals surface area contributed by atoms with Gasteiger partial charge in [0.1, 0.15) is 17.2 Å². The minimum absolute atomic E-state index is 0.107. The zero-order valence-corrected chi connectivity index (χ0v) is 11.2. The number of carbonyl (C=O) groups is 1. The first-order valence-corrected chi connectivity index (χ1v) is 6.04. The number of anilines is 1. The number of nitriles is 1. The topological polar surface area (TPSA) is 116 Å². The molecule has 20 heavy (non-hydrogen) atoms. The molecule has 0 radical (unpaired) electrons. The maximum Gasteiger partial charge on any atom is 0.329 e. The number of nitrogens with zero attached hydrogens (tertiary/aromatic N) is 2. The van der Waals surface area contributed by atoms with E-state index in [2.05, 4.69) is 5.32 Å². The van der Waals surface area contributed by atoms with Crippen LogP contribution >= 0.6 is 0 Å². The zero-order valence-electron chi connectivity index (χ0n) is 11.2. The van der Waals surface area contributed by atoms with Crippen LogP contribution in [0.15, 0.2) is 18.2 Å². The fraction of sp³-hybridized carbons (Fsp3) is 0.385. The van der Waals surface area contributed by atoms with Gasteiger partial charge in [0, 0.05) is 11.8 Å². The van der Waals surface area contributed by atoms with Gasteiger partial charge in [-0.3, -0.25) is 10.1 Å². The third-order valence-corrected chi connectivity index (χ3v) is 2.96. The van der Waals surface area contributed by atoms with Crippen LogP contribution in [0, 0.1) is 21.4 Å². The summed E-state index contributed by atoms with van der Waals surface area (Å²) in [7, 11) is 0. The van der Waals surface area contributed by atoms with Gasteiger partial charge in [0.05, 0.1) is 4.92 Å². The summed E-state index contributed by atoms with van der Waals surface area (Å²) in [6.45, 7) is 3.39. The third kappa shape index (κ3) is 3.23. The first-order chi connectivity index (χ1) is 9.34. The number of carboxylic acid groups (broad SMARTS) is 1. The van der Waals surface area contributed by atoms with E-state index in [9.17, 15) is 20.0 Å². The Morgan fingerprint density at radius 3 is 2.70 bits per heavy atom. The van der Waals surface area contributed by atoms with Gasteiger partial charge in [-0.1, -0.05) is 13.3 Å². The summed E-state index contributed by atoms with van der Waals surface area (Å²) in [4.78, 5) is 21.4. The highest BCUT2D eigenvalue weighted by Gasteiger charge is 2.32. The lowest BCUT2D eigenvalue weighted by molar-refractivity contribution is -0.385. The molecule has 1 rings (SSSR count). The Hall–Kier alpha value is -2.62. The minimum atomic E-state index is -1.18. The number of hydrogen-bond donors (Lipinski definition) is 2. The molecule has 0 fully saturated rings. The summed E-state index contributed by atoms with van der Waals surface area (Å²) in [5.41, 5.74) is -1.22. The largest absolute Gasteiger partial charge is 0.480 e. The molecule has 1 aromatic carbocycles. The van der Waals surface area contributed by atoms with Crippen molar-refractivity contribution in [2.75, 3.05) is 5.32 Å². The molecule has 0 aliphatic heterocycles. The fourth-order valence-corrected chi connectivity index (χ4v) is 1.90. The molecule has 0 saturated carbocycles. The maximum atomic E-state index is 11.3. The van der Waals surface area contributed by atoms with Crippen LogP contribution in [-0.2, 0) is 4.79 Å². The number of carboxylic acids is 1. The molecule has 2 N–H and O–H groups in total. The summed E-state index contributed by atoms with van der Waals surface area (Å²) >= 11 is 0. The van der Waals surface area contributed by atoms with Crippen molar-refractivity contribution in [3.8, 4) is 6.07 Å². The van der Waals surface area contributed by atoms with E-state index in [1.54, 1.807) is 6.07 Å². The van der Waals surface area contributed by atoms with Crippen LogP contribution in [0.1, 0.15) is 32.3 Å². The van der Waals surface area contributed by atoms with Gasteiger partial charge >= 0.3 is 5.97 Å². The number of nitrogens with one attached hydrogen (secondary N) is 1. The van der Waals surface area contributed by atoms with Gasteiger partial charge in [0.15, 0.2) is 0 Å². The lowest BCUT2D eigenvalue weighted by Crippen LogP contribution is -2.43. The van der Waals surface area contributed by atoms with Gasteiger partial charge in [0.25, 0.3) is 5.69 Å². The Bertz CT molecular complexity index is 579. The Labute approximate surface area is 116 Å². The molecule has 0 aliphatic rings. The van der Waals surface area contributed by atoms with Crippen molar-refractivity contribution >= 4 is 17.3 Å². The van der Waals surface area contributed by atoms with Crippen molar-refractivity contribution in [1.82, 2.24) is 0 Å². The van der Waals surface area contributed by atoms with Crippen molar-refractivity contribution in [2.45, 2.75) is 32.2 Å². The summed E-state index contributed by atoms with van der Waals surface area (Å²) in [5, 5.41) is 31.7. The highest BCUT2D eigenvalue weighted by molar-refractivity contribution is 5.82. The fourth-order valence-electron chi connectivity index (χ4n) is 1.90. The maximum absolute atomic E-state index is 11.3. The van der Waals surface area contributed by atoms with Crippen molar-refractivity contribution in [3.05, 3.63) is 33.9 Å². The van der Waals surface area contributed by atoms with Crippen LogP contribution in [-0.4, -0.2) is 21.5 Å². The average molecular weight is 277 g/mol. The third-order valence-electron chi connectivity index (χ3n) is 2.96. The Morgan fingerprint density at radius 1 is 1.60 bits per heavy atom. The van der Waals surface area contributed by atoms with Crippen LogP contribution in [0.3, 0.4) is 0 Å². The van der Waals surface area contributed by atoms with Crippen LogP contribution in [0.2, 0.25) is 0 Å². The van der Waals surface area contributed by atoms with E-state index in [1.807, 2.05) is 6.92 Å². The van der Waals surface area contributed by atoms with E-state index in [4.69, 9.17) is 5.26 Å². The van der Waals surface area contributed by atoms with E-state index < -0.39 is 16.4 Å². The summed E-state index contributed by atoms with van der Waals surface area (Å²) in [6, 6.07) is 5.61. The lowest BCUT2D eigenvalue weighted by atomic mass is 9.95. The van der Waals surface area contributed by atoms with Gasteiger partial charge in [-0.15, -0.1) is 0 Å². The van der Waals surface area contributed by atoms with Gasteiger partial charge in [0.2, 0.25) is 0 Å². The van der Waals surface area contributed by atoms with E-state index in [0.717, 1.165) is 0 Å². The molecule has 0 amide bonds. The molecule has 7 nitrogen and oxygen atoms in total. The molecular weight excluding hydrogens is 262 g/mol. The van der Waals surface area contributed by atoms with E-state index in [1.165, 1.54) is 25.1 Å². The molecule has 106 valence electrons. The van der Waals surface area contributed by atoms with Crippen molar-refractivity contribution in [1.29, 1.82) is 5.26 Å². The molecular formula is C13H15N3O4. The standard InChI is InChI=1S/C13H15N3O4/c1-3-6-13(2,12(17)18)15-10-4-5-11(16(19)20)9(7-10)8-14/h4-5,7,15H,3,6H2,1-2H3,(H,17,18). The van der Waals surface area contributed by atoms with Crippen LogP contribution in [0.25, 0.3) is 0 Å². The second kappa shape index (κ2) is 6.02. The van der Waals surface area contributed by atoms with E-state index >= 15 is 0 Å². The Morgan fingerprint density at radius 2 is 2.25 bits per heavy atom. The molecule has 0 bridgehead atoms. The molecule has 0 aromatic heterocycles. The summed E-state index contributed by atoms with van der Waals surface area (Å²) < 4.78 is 0. The van der Waals surface area contributed by atoms with E-state index in [-0.39, 0.29) is 11.3 Å². The Balaban J connectivity index is 3.13. The number of aliphatic carboxylic acids is 1. The average Bonchev–Trinajstić information content (AvgIpc) is 2.38. The highest BCUT2D eigenvalue weighted by Crippen LogP contribution is 2.26. The number of nitro groups is 1. The predicted molar refractivity (Wildman–Crippen MR) is 72.4 cm³/mol.